The van der Waals surface area contributed by atoms with Gasteiger partial charge in [0.05, 0.1) is 6.16 Å². The van der Waals surface area contributed by atoms with Crippen molar-refractivity contribution in [1.82, 2.24) is 0 Å². The Balaban J connectivity index is 1.91. The highest BCUT2D eigenvalue weighted by Crippen LogP contribution is 2.58. The molecule has 4 aromatic carbocycles. The average Bonchev–Trinajstić information content (AvgIpc) is 2.79. The van der Waals surface area contributed by atoms with E-state index >= 15 is 0 Å². The Morgan fingerprint density at radius 1 is 0.500 bits per heavy atom. The van der Waals surface area contributed by atoms with E-state index in [-0.39, 0.29) is 0 Å². The van der Waals surface area contributed by atoms with Gasteiger partial charge in [0, 0.05) is 0 Å². The van der Waals surface area contributed by atoms with Crippen LogP contribution >= 0.6 is 7.26 Å². The molecule has 0 aliphatic heterocycles. The fourth-order valence-electron chi connectivity index (χ4n) is 3.88. The maximum Gasteiger partial charge on any atom is 0.509 e. The second-order valence-corrected chi connectivity index (χ2v) is 10.8. The van der Waals surface area contributed by atoms with E-state index in [1.807, 2.05) is 54.6 Å². The van der Waals surface area contributed by atoms with Crippen molar-refractivity contribution in [3.63, 3.8) is 0 Å². The summed E-state index contributed by atoms with van der Waals surface area (Å²) in [5.41, 5.74) is 0.352. The van der Waals surface area contributed by atoms with E-state index in [2.05, 4.69) is 36.4 Å². The van der Waals surface area contributed by atoms with Crippen molar-refractivity contribution in [2.24, 2.45) is 0 Å². The molecule has 0 unspecified atom stereocenters. The minimum Gasteiger partial charge on any atom is -0.445 e. The zero-order valence-electron chi connectivity index (χ0n) is 16.3. The molecule has 0 aromatic heterocycles. The van der Waals surface area contributed by atoms with Crippen LogP contribution in [-0.4, -0.2) is 6.98 Å². The van der Waals surface area contributed by atoms with Gasteiger partial charge in [0.15, 0.2) is 0 Å². The molecule has 0 bridgehead atoms. The molecule has 0 fully saturated rings. The summed E-state index contributed by atoms with van der Waals surface area (Å²) in [5.74, 6) is 0. The van der Waals surface area contributed by atoms with Gasteiger partial charge >= 0.3 is 6.98 Å². The lowest BCUT2D eigenvalue weighted by Crippen LogP contribution is -2.34. The lowest BCUT2D eigenvalue weighted by molar-refractivity contribution is 0.501. The first-order chi connectivity index (χ1) is 14.5. The molecule has 0 spiro atoms. The monoisotopic (exact) mass is 420 g/mol. The van der Waals surface area contributed by atoms with Crippen LogP contribution in [0.5, 0.6) is 0 Å². The van der Waals surface area contributed by atoms with Gasteiger partial charge in [0.2, 0.25) is 0 Å². The molecular weight excluding hydrogens is 399 g/mol. The second kappa shape index (κ2) is 8.49. The molecular formula is C25H21BF3P. The molecule has 0 nitrogen and oxygen atoms in total. The summed E-state index contributed by atoms with van der Waals surface area (Å²) >= 11 is 0. The maximum atomic E-state index is 13.1. The first kappa shape index (κ1) is 20.4. The number of hydrogen-bond acceptors (Lipinski definition) is 0. The first-order valence-electron chi connectivity index (χ1n) is 9.84. The summed E-state index contributed by atoms with van der Waals surface area (Å²) in [4.78, 5) is 0. The predicted molar refractivity (Wildman–Crippen MR) is 124 cm³/mol. The van der Waals surface area contributed by atoms with Crippen LogP contribution in [0.3, 0.4) is 0 Å². The van der Waals surface area contributed by atoms with E-state index < -0.39 is 19.7 Å². The summed E-state index contributed by atoms with van der Waals surface area (Å²) in [7, 11) is -2.11. The van der Waals surface area contributed by atoms with Gasteiger partial charge in [-0.05, 0) is 42.0 Å². The van der Waals surface area contributed by atoms with Gasteiger partial charge in [-0.1, -0.05) is 78.9 Å². The Hall–Kier alpha value is -2.84. The van der Waals surface area contributed by atoms with Crippen LogP contribution < -0.4 is 21.4 Å². The quantitative estimate of drug-likeness (QED) is 0.296. The van der Waals surface area contributed by atoms with Gasteiger partial charge in [0.25, 0.3) is 0 Å². The van der Waals surface area contributed by atoms with Crippen LogP contribution in [-0.2, 0) is 6.16 Å². The van der Waals surface area contributed by atoms with Crippen molar-refractivity contribution in [3.8, 4) is 0 Å². The molecule has 5 heteroatoms. The molecule has 30 heavy (non-hydrogen) atoms. The van der Waals surface area contributed by atoms with Gasteiger partial charge in [-0.3, -0.25) is 0 Å². The number of halogens is 3. The summed E-state index contributed by atoms with van der Waals surface area (Å²) in [6.07, 6.45) is 0.663. The molecule has 0 N–H and O–H groups in total. The van der Waals surface area contributed by atoms with Gasteiger partial charge < -0.3 is 12.9 Å². The van der Waals surface area contributed by atoms with Crippen molar-refractivity contribution in [1.29, 1.82) is 0 Å². The molecule has 150 valence electrons. The Morgan fingerprint density at radius 2 is 0.867 bits per heavy atom. The summed E-state index contributed by atoms with van der Waals surface area (Å²) in [6.45, 7) is -4.99. The molecule has 0 aliphatic rings. The van der Waals surface area contributed by atoms with Crippen LogP contribution in [0.2, 0.25) is 0 Å². The van der Waals surface area contributed by atoms with E-state index in [4.69, 9.17) is 0 Å². The van der Waals surface area contributed by atoms with Crippen molar-refractivity contribution in [2.45, 2.75) is 6.16 Å². The highest BCUT2D eigenvalue weighted by molar-refractivity contribution is 7.95. The Morgan fingerprint density at radius 3 is 1.20 bits per heavy atom. The summed E-state index contributed by atoms with van der Waals surface area (Å²) in [6, 6.07) is 36.7. The van der Waals surface area contributed by atoms with Crippen LogP contribution in [0.15, 0.2) is 115 Å². The minimum atomic E-state index is -4.99. The van der Waals surface area contributed by atoms with Crippen molar-refractivity contribution in [2.75, 3.05) is 0 Å². The topological polar surface area (TPSA) is 0 Å². The smallest absolute Gasteiger partial charge is 0.445 e. The predicted octanol–water partition coefficient (Wildman–Crippen LogP) is 5.24. The van der Waals surface area contributed by atoms with Crippen molar-refractivity contribution in [3.05, 3.63) is 121 Å². The fourth-order valence-corrected chi connectivity index (χ4v) is 8.13. The van der Waals surface area contributed by atoms with Gasteiger partial charge in [-0.15, -0.1) is 5.46 Å². The van der Waals surface area contributed by atoms with Crippen molar-refractivity contribution < 1.29 is 12.9 Å². The molecule has 0 radical (unpaired) electrons. The third kappa shape index (κ3) is 4.06. The molecule has 4 aromatic rings. The normalized spacial score (nSPS) is 12.0. The zero-order valence-corrected chi connectivity index (χ0v) is 17.2. The lowest BCUT2D eigenvalue weighted by Gasteiger charge is -2.28. The lowest BCUT2D eigenvalue weighted by atomic mass is 9.80. The van der Waals surface area contributed by atoms with Gasteiger partial charge in [-0.2, -0.15) is 0 Å². The van der Waals surface area contributed by atoms with Gasteiger partial charge in [-0.25, -0.2) is 0 Å². The summed E-state index contributed by atoms with van der Waals surface area (Å²) in [5, 5.41) is 3.64. The second-order valence-electron chi connectivity index (χ2n) is 7.29. The van der Waals surface area contributed by atoms with E-state index in [0.29, 0.717) is 6.16 Å². The number of rotatable bonds is 6. The Bertz CT molecular complexity index is 983. The Labute approximate surface area is 175 Å². The molecule has 4 rings (SSSR count). The van der Waals surface area contributed by atoms with E-state index in [1.54, 1.807) is 12.1 Å². The molecule has 0 saturated carbocycles. The average molecular weight is 420 g/mol. The molecule has 0 heterocycles. The Kier molecular flexibility index (Phi) is 5.79. The third-order valence-corrected chi connectivity index (χ3v) is 9.75. The molecule has 0 atom stereocenters. The standard InChI is InChI=1S/C25H21BF3P/c27-26(28,29)22-18-16-21(17-19-22)20-30(23-10-4-1-5-11-23,24-12-6-2-7-13-24)25-14-8-3-9-15-25/h1-19H,20H2. The summed E-state index contributed by atoms with van der Waals surface area (Å²) < 4.78 is 39.4. The SMILES string of the molecule is F[B-](F)(F)c1ccc(C[P+](c2ccccc2)(c2ccccc2)c2ccccc2)cc1. The maximum absolute atomic E-state index is 13.1. The largest absolute Gasteiger partial charge is 0.509 e. The van der Waals surface area contributed by atoms with E-state index in [0.717, 1.165) is 5.56 Å². The van der Waals surface area contributed by atoms with Crippen LogP contribution in [0.25, 0.3) is 0 Å². The number of hydrogen-bond donors (Lipinski definition) is 0. The fraction of sp³-hybridized carbons (Fsp3) is 0.0400. The zero-order chi connectivity index (χ0) is 21.0. The minimum absolute atomic E-state index is 0.554. The molecule has 0 saturated heterocycles. The highest BCUT2D eigenvalue weighted by atomic mass is 31.2. The van der Waals surface area contributed by atoms with Crippen LogP contribution in [0.4, 0.5) is 12.9 Å². The third-order valence-electron chi connectivity index (χ3n) is 5.37. The van der Waals surface area contributed by atoms with Crippen LogP contribution in [0, 0.1) is 0 Å². The van der Waals surface area contributed by atoms with Crippen molar-refractivity contribution >= 4 is 35.6 Å². The van der Waals surface area contributed by atoms with Gasteiger partial charge in [0.1, 0.15) is 23.2 Å². The molecule has 0 aliphatic carbocycles. The number of benzene rings is 4. The molecule has 0 amide bonds. The van der Waals surface area contributed by atoms with Crippen LogP contribution in [0.1, 0.15) is 5.56 Å². The van der Waals surface area contributed by atoms with E-state index in [9.17, 15) is 12.9 Å². The first-order valence-corrected chi connectivity index (χ1v) is 11.8. The highest BCUT2D eigenvalue weighted by Gasteiger charge is 2.45. The van der Waals surface area contributed by atoms with E-state index in [1.165, 1.54) is 28.0 Å².